The van der Waals surface area contributed by atoms with Crippen molar-refractivity contribution in [2.45, 2.75) is 9.19 Å². The van der Waals surface area contributed by atoms with Crippen LogP contribution in [0.15, 0.2) is 24.3 Å². The molecule has 0 aromatic heterocycles. The van der Waals surface area contributed by atoms with Crippen LogP contribution in [0.5, 0.6) is 0 Å². The van der Waals surface area contributed by atoms with Crippen molar-refractivity contribution in [2.75, 3.05) is 18.1 Å². The van der Waals surface area contributed by atoms with Crippen molar-refractivity contribution in [3.8, 4) is 0 Å². The second kappa shape index (κ2) is 5.66. The smallest absolute Gasteiger partial charge is 0.207 e. The molecule has 84 valence electrons. The monoisotopic (exact) mass is 399 g/mol. The summed E-state index contributed by atoms with van der Waals surface area (Å²) < 4.78 is -0.523. The number of aliphatic hydroxyl groups is 1. The molecule has 0 saturated heterocycles. The maximum Gasteiger partial charge on any atom is 0.207 e. The second-order valence-electron chi connectivity index (χ2n) is 3.18. The zero-order chi connectivity index (χ0) is 11.5. The van der Waals surface area contributed by atoms with E-state index < -0.39 is 2.27 Å². The van der Waals surface area contributed by atoms with Crippen LogP contribution in [0.2, 0.25) is 0 Å². The normalized spacial score (nSPS) is 11.5. The lowest BCUT2D eigenvalue weighted by Gasteiger charge is -2.32. The first-order valence-electron chi connectivity index (χ1n) is 4.47. The van der Waals surface area contributed by atoms with Crippen molar-refractivity contribution in [1.29, 1.82) is 0 Å². The minimum Gasteiger partial charge on any atom is -0.395 e. The van der Waals surface area contributed by atoms with E-state index in [0.29, 0.717) is 6.54 Å². The standard InChI is InChI=1S/C10H12Br3NO/c1-8-2-4-9(5-3-8)14(6-7-15)10(11,12)13/h2-5,15H,6-7H2,1H3. The highest BCUT2D eigenvalue weighted by atomic mass is 80.0. The van der Waals surface area contributed by atoms with E-state index in [1.807, 2.05) is 36.1 Å². The molecule has 0 radical (unpaired) electrons. The average molecular weight is 402 g/mol. The number of alkyl halides is 3. The van der Waals surface area contributed by atoms with Gasteiger partial charge in [-0.25, -0.2) is 0 Å². The van der Waals surface area contributed by atoms with Gasteiger partial charge in [-0.1, -0.05) is 17.7 Å². The van der Waals surface area contributed by atoms with Crippen molar-refractivity contribution in [3.05, 3.63) is 29.8 Å². The third kappa shape index (κ3) is 4.06. The Morgan fingerprint density at radius 3 is 2.13 bits per heavy atom. The molecule has 5 heteroatoms. The van der Waals surface area contributed by atoms with Crippen molar-refractivity contribution < 1.29 is 5.11 Å². The van der Waals surface area contributed by atoms with Gasteiger partial charge in [-0.15, -0.1) is 0 Å². The van der Waals surface area contributed by atoms with Crippen molar-refractivity contribution in [2.24, 2.45) is 0 Å². The zero-order valence-corrected chi connectivity index (χ0v) is 13.0. The predicted octanol–water partition coefficient (Wildman–Crippen LogP) is 3.59. The van der Waals surface area contributed by atoms with Gasteiger partial charge >= 0.3 is 0 Å². The highest BCUT2D eigenvalue weighted by Gasteiger charge is 2.27. The topological polar surface area (TPSA) is 23.5 Å². The Morgan fingerprint density at radius 2 is 1.73 bits per heavy atom. The van der Waals surface area contributed by atoms with Gasteiger partial charge in [-0.3, -0.25) is 0 Å². The van der Waals surface area contributed by atoms with Crippen molar-refractivity contribution >= 4 is 53.5 Å². The van der Waals surface area contributed by atoms with Crippen LogP contribution < -0.4 is 4.90 Å². The Morgan fingerprint density at radius 1 is 1.20 bits per heavy atom. The van der Waals surface area contributed by atoms with Crippen LogP contribution in [-0.2, 0) is 0 Å². The molecule has 0 unspecified atom stereocenters. The molecule has 15 heavy (non-hydrogen) atoms. The van der Waals surface area contributed by atoms with Crippen LogP contribution >= 0.6 is 47.8 Å². The molecule has 0 aliphatic heterocycles. The number of hydrogen-bond donors (Lipinski definition) is 1. The minimum atomic E-state index is -0.523. The van der Waals surface area contributed by atoms with E-state index in [-0.39, 0.29) is 6.61 Å². The van der Waals surface area contributed by atoms with E-state index in [4.69, 9.17) is 5.11 Å². The molecule has 0 atom stereocenters. The number of nitrogens with zero attached hydrogens (tertiary/aromatic N) is 1. The summed E-state index contributed by atoms with van der Waals surface area (Å²) in [7, 11) is 0. The van der Waals surface area contributed by atoms with Gasteiger partial charge in [0.15, 0.2) is 0 Å². The van der Waals surface area contributed by atoms with Gasteiger partial charge in [0.25, 0.3) is 0 Å². The fraction of sp³-hybridized carbons (Fsp3) is 0.400. The van der Waals surface area contributed by atoms with E-state index in [1.54, 1.807) is 0 Å². The van der Waals surface area contributed by atoms with Gasteiger partial charge in [0.05, 0.1) is 6.61 Å². The Labute approximate surface area is 115 Å². The number of aryl methyl sites for hydroxylation is 1. The first kappa shape index (κ1) is 13.5. The number of rotatable bonds is 3. The largest absolute Gasteiger partial charge is 0.395 e. The lowest BCUT2D eigenvalue weighted by Crippen LogP contribution is -2.36. The Balaban J connectivity index is 2.94. The molecule has 0 heterocycles. The Bertz CT molecular complexity index is 307. The molecular formula is C10H12Br3NO. The highest BCUT2D eigenvalue weighted by Crippen LogP contribution is 2.40. The summed E-state index contributed by atoms with van der Waals surface area (Å²) in [5.74, 6) is 0. The van der Waals surface area contributed by atoms with E-state index in [0.717, 1.165) is 5.69 Å². The quantitative estimate of drug-likeness (QED) is 0.618. The van der Waals surface area contributed by atoms with E-state index in [1.165, 1.54) is 5.56 Å². The van der Waals surface area contributed by atoms with Crippen LogP contribution in [0, 0.1) is 6.92 Å². The van der Waals surface area contributed by atoms with E-state index in [9.17, 15) is 0 Å². The summed E-state index contributed by atoms with van der Waals surface area (Å²) in [5.41, 5.74) is 2.24. The van der Waals surface area contributed by atoms with Crippen LogP contribution in [0.25, 0.3) is 0 Å². The summed E-state index contributed by atoms with van der Waals surface area (Å²) in [6.45, 7) is 2.67. The first-order valence-corrected chi connectivity index (χ1v) is 6.85. The highest BCUT2D eigenvalue weighted by molar-refractivity contribution is 9.39. The zero-order valence-electron chi connectivity index (χ0n) is 8.25. The minimum absolute atomic E-state index is 0.0957. The first-order chi connectivity index (χ1) is 6.95. The van der Waals surface area contributed by atoms with Gasteiger partial charge in [0, 0.05) is 12.2 Å². The fourth-order valence-electron chi connectivity index (χ4n) is 1.23. The van der Waals surface area contributed by atoms with Crippen molar-refractivity contribution in [1.82, 2.24) is 0 Å². The van der Waals surface area contributed by atoms with Gasteiger partial charge in [-0.2, -0.15) is 0 Å². The maximum atomic E-state index is 9.01. The third-order valence-electron chi connectivity index (χ3n) is 1.98. The average Bonchev–Trinajstić information content (AvgIpc) is 2.14. The number of hydrogen-bond acceptors (Lipinski definition) is 2. The molecular weight excluding hydrogens is 390 g/mol. The molecule has 0 aliphatic carbocycles. The predicted molar refractivity (Wildman–Crippen MR) is 75.1 cm³/mol. The third-order valence-corrected chi connectivity index (χ3v) is 3.26. The van der Waals surface area contributed by atoms with Crippen LogP contribution in [0.3, 0.4) is 0 Å². The summed E-state index contributed by atoms with van der Waals surface area (Å²) in [5, 5.41) is 9.01. The molecule has 0 amide bonds. The number of halogens is 3. The summed E-state index contributed by atoms with van der Waals surface area (Å²) in [6.07, 6.45) is 0. The molecule has 0 bridgehead atoms. The van der Waals surface area contributed by atoms with Gasteiger partial charge < -0.3 is 10.0 Å². The van der Waals surface area contributed by atoms with E-state index in [2.05, 4.69) is 47.8 Å². The SMILES string of the molecule is Cc1ccc(N(CCO)C(Br)(Br)Br)cc1. The summed E-state index contributed by atoms with van der Waals surface area (Å²) in [6, 6.07) is 8.12. The Hall–Kier alpha value is 0.420. The number of aliphatic hydroxyl groups excluding tert-OH is 1. The maximum absolute atomic E-state index is 9.01. The molecule has 0 spiro atoms. The molecule has 0 fully saturated rings. The Kier molecular flexibility index (Phi) is 5.09. The molecule has 1 aromatic rings. The number of benzene rings is 1. The van der Waals surface area contributed by atoms with Crippen LogP contribution in [-0.4, -0.2) is 20.5 Å². The number of anilines is 1. The van der Waals surface area contributed by atoms with E-state index >= 15 is 0 Å². The van der Waals surface area contributed by atoms with Crippen LogP contribution in [0.4, 0.5) is 5.69 Å². The van der Waals surface area contributed by atoms with Crippen molar-refractivity contribution in [3.63, 3.8) is 0 Å². The molecule has 2 nitrogen and oxygen atoms in total. The fourth-order valence-corrected chi connectivity index (χ4v) is 2.37. The van der Waals surface area contributed by atoms with Gasteiger partial charge in [-0.05, 0) is 66.8 Å². The molecule has 0 aliphatic rings. The lowest BCUT2D eigenvalue weighted by atomic mass is 10.2. The molecule has 1 N–H and O–H groups in total. The van der Waals surface area contributed by atoms with Gasteiger partial charge in [0.1, 0.15) is 0 Å². The molecule has 1 aromatic carbocycles. The summed E-state index contributed by atoms with van der Waals surface area (Å²) >= 11 is 10.3. The molecule has 1 rings (SSSR count). The molecule has 0 saturated carbocycles. The van der Waals surface area contributed by atoms with Crippen LogP contribution in [0.1, 0.15) is 5.56 Å². The summed E-state index contributed by atoms with van der Waals surface area (Å²) in [4.78, 5) is 1.96. The second-order valence-corrected chi connectivity index (χ2v) is 9.81. The van der Waals surface area contributed by atoms with Gasteiger partial charge in [0.2, 0.25) is 2.27 Å². The lowest BCUT2D eigenvalue weighted by molar-refractivity contribution is 0.303.